The van der Waals surface area contributed by atoms with Gasteiger partial charge in [0.2, 0.25) is 11.8 Å². The predicted octanol–water partition coefficient (Wildman–Crippen LogP) is 4.47. The average molecular weight is 410 g/mol. The number of aromatic nitrogens is 1. The number of nitrogens with zero attached hydrogens (tertiary/aromatic N) is 1. The highest BCUT2D eigenvalue weighted by Gasteiger charge is 2.34. The number of hydrogen-bond donors (Lipinski definition) is 2. The number of H-pyrrole nitrogens is 1. The zero-order valence-corrected chi connectivity index (χ0v) is 17.3. The first-order valence-electron chi connectivity index (χ1n) is 9.82. The molecule has 0 spiro atoms. The van der Waals surface area contributed by atoms with Crippen LogP contribution in [0.4, 0.5) is 5.69 Å². The Balaban J connectivity index is 1.39. The first-order chi connectivity index (χ1) is 13.9. The standard InChI is InChI=1S/C23H24ClN3O2/c1-14-3-4-15(2)21(9-14)26-23(29)17-10-22(28)27(13-17)8-7-16-12-25-20-6-5-18(24)11-19(16)20/h3-6,9,11-12,17,25H,7-8,10,13H2,1-2H3,(H,26,29). The van der Waals surface area contributed by atoms with Gasteiger partial charge in [0.05, 0.1) is 5.92 Å². The lowest BCUT2D eigenvalue weighted by Gasteiger charge is -2.17. The Kier molecular flexibility index (Phi) is 5.33. The Morgan fingerprint density at radius 1 is 1.24 bits per heavy atom. The lowest BCUT2D eigenvalue weighted by Crippen LogP contribution is -2.30. The average Bonchev–Trinajstić information content (AvgIpc) is 3.26. The summed E-state index contributed by atoms with van der Waals surface area (Å²) >= 11 is 6.12. The van der Waals surface area contributed by atoms with Crippen molar-refractivity contribution in [3.8, 4) is 0 Å². The molecule has 0 radical (unpaired) electrons. The number of fused-ring (bicyclic) bond motifs is 1. The molecule has 2 N–H and O–H groups in total. The first-order valence-corrected chi connectivity index (χ1v) is 10.2. The summed E-state index contributed by atoms with van der Waals surface area (Å²) < 4.78 is 0. The quantitative estimate of drug-likeness (QED) is 0.653. The van der Waals surface area contributed by atoms with E-state index in [2.05, 4.69) is 10.3 Å². The van der Waals surface area contributed by atoms with Gasteiger partial charge in [0, 0.05) is 47.3 Å². The molecule has 2 aromatic carbocycles. The second-order valence-electron chi connectivity index (χ2n) is 7.80. The first kappa shape index (κ1) is 19.5. The van der Waals surface area contributed by atoms with Crippen molar-refractivity contribution in [1.29, 1.82) is 0 Å². The van der Waals surface area contributed by atoms with E-state index in [1.54, 1.807) is 4.90 Å². The van der Waals surface area contributed by atoms with Crippen LogP contribution >= 0.6 is 11.6 Å². The molecule has 1 fully saturated rings. The second-order valence-corrected chi connectivity index (χ2v) is 8.24. The summed E-state index contributed by atoms with van der Waals surface area (Å²) in [7, 11) is 0. The molecule has 1 aromatic heterocycles. The summed E-state index contributed by atoms with van der Waals surface area (Å²) in [6.45, 7) is 5.01. The normalized spacial score (nSPS) is 16.6. The van der Waals surface area contributed by atoms with Crippen molar-refractivity contribution in [2.24, 2.45) is 5.92 Å². The Bertz CT molecular complexity index is 1090. The van der Waals surface area contributed by atoms with Gasteiger partial charge in [-0.3, -0.25) is 9.59 Å². The SMILES string of the molecule is Cc1ccc(C)c(NC(=O)C2CC(=O)N(CCc3c[nH]c4ccc(Cl)cc34)C2)c1. The number of benzene rings is 2. The largest absolute Gasteiger partial charge is 0.361 e. The number of aromatic amines is 1. The molecule has 4 rings (SSSR count). The van der Waals surface area contributed by atoms with Crippen LogP contribution in [-0.4, -0.2) is 34.8 Å². The van der Waals surface area contributed by atoms with Crippen LogP contribution in [0.5, 0.6) is 0 Å². The molecule has 6 heteroatoms. The molecule has 0 aliphatic carbocycles. The summed E-state index contributed by atoms with van der Waals surface area (Å²) in [5.74, 6) is -0.378. The Hall–Kier alpha value is -2.79. The van der Waals surface area contributed by atoms with E-state index in [-0.39, 0.29) is 24.2 Å². The number of aryl methyl sites for hydroxylation is 2. The van der Waals surface area contributed by atoms with Crippen molar-refractivity contribution in [3.63, 3.8) is 0 Å². The molecule has 5 nitrogen and oxygen atoms in total. The topological polar surface area (TPSA) is 65.2 Å². The third kappa shape index (κ3) is 4.15. The van der Waals surface area contributed by atoms with Gasteiger partial charge in [-0.05, 0) is 61.2 Å². The van der Waals surface area contributed by atoms with Gasteiger partial charge in [0.15, 0.2) is 0 Å². The lowest BCUT2D eigenvalue weighted by molar-refractivity contribution is -0.128. The van der Waals surface area contributed by atoms with Crippen molar-refractivity contribution in [1.82, 2.24) is 9.88 Å². The lowest BCUT2D eigenvalue weighted by atomic mass is 10.1. The van der Waals surface area contributed by atoms with Crippen molar-refractivity contribution in [3.05, 3.63) is 64.3 Å². The van der Waals surface area contributed by atoms with E-state index in [4.69, 9.17) is 11.6 Å². The summed E-state index contributed by atoms with van der Waals surface area (Å²) in [5.41, 5.74) is 5.08. The van der Waals surface area contributed by atoms with Crippen LogP contribution in [0, 0.1) is 19.8 Å². The minimum Gasteiger partial charge on any atom is -0.361 e. The molecular formula is C23H24ClN3O2. The molecule has 1 aliphatic rings. The molecule has 0 bridgehead atoms. The van der Waals surface area contributed by atoms with Crippen LogP contribution in [0.2, 0.25) is 5.02 Å². The van der Waals surface area contributed by atoms with Gasteiger partial charge in [0.1, 0.15) is 0 Å². The van der Waals surface area contributed by atoms with Crippen LogP contribution in [0.15, 0.2) is 42.6 Å². The highest BCUT2D eigenvalue weighted by molar-refractivity contribution is 6.31. The third-order valence-corrected chi connectivity index (χ3v) is 5.85. The van der Waals surface area contributed by atoms with Gasteiger partial charge in [0.25, 0.3) is 0 Å². The monoisotopic (exact) mass is 409 g/mol. The predicted molar refractivity (Wildman–Crippen MR) is 116 cm³/mol. The fourth-order valence-corrected chi connectivity index (χ4v) is 4.05. The van der Waals surface area contributed by atoms with E-state index in [0.717, 1.165) is 39.7 Å². The number of carbonyl (C=O) groups excluding carboxylic acids is 2. The van der Waals surface area contributed by atoms with Crippen LogP contribution in [0.1, 0.15) is 23.1 Å². The van der Waals surface area contributed by atoms with Gasteiger partial charge in [-0.1, -0.05) is 23.7 Å². The van der Waals surface area contributed by atoms with E-state index in [1.165, 1.54) is 0 Å². The third-order valence-electron chi connectivity index (χ3n) is 5.62. The maximum Gasteiger partial charge on any atom is 0.229 e. The van der Waals surface area contributed by atoms with E-state index >= 15 is 0 Å². The molecule has 1 aliphatic heterocycles. The smallest absolute Gasteiger partial charge is 0.229 e. The van der Waals surface area contributed by atoms with Crippen molar-refractivity contribution in [2.45, 2.75) is 26.7 Å². The zero-order valence-electron chi connectivity index (χ0n) is 16.6. The van der Waals surface area contributed by atoms with Crippen LogP contribution in [-0.2, 0) is 16.0 Å². The van der Waals surface area contributed by atoms with Gasteiger partial charge >= 0.3 is 0 Å². The van der Waals surface area contributed by atoms with Gasteiger partial charge in [-0.2, -0.15) is 0 Å². The summed E-state index contributed by atoms with van der Waals surface area (Å²) in [6.07, 6.45) is 2.94. The second kappa shape index (κ2) is 7.91. The Labute approximate surface area is 175 Å². The van der Waals surface area contributed by atoms with Crippen LogP contribution < -0.4 is 5.32 Å². The number of hydrogen-bond acceptors (Lipinski definition) is 2. The van der Waals surface area contributed by atoms with Crippen LogP contribution in [0.25, 0.3) is 10.9 Å². The molecule has 1 saturated heterocycles. The van der Waals surface area contributed by atoms with Crippen molar-refractivity contribution in [2.75, 3.05) is 18.4 Å². The highest BCUT2D eigenvalue weighted by Crippen LogP contribution is 2.25. The van der Waals surface area contributed by atoms with Gasteiger partial charge < -0.3 is 15.2 Å². The van der Waals surface area contributed by atoms with E-state index in [1.807, 2.05) is 56.4 Å². The van der Waals surface area contributed by atoms with Crippen molar-refractivity contribution >= 4 is 40.0 Å². The summed E-state index contributed by atoms with van der Waals surface area (Å²) in [6, 6.07) is 11.7. The maximum atomic E-state index is 12.7. The number of halogens is 1. The molecule has 29 heavy (non-hydrogen) atoms. The van der Waals surface area contributed by atoms with Crippen LogP contribution in [0.3, 0.4) is 0 Å². The number of anilines is 1. The molecule has 2 heterocycles. The molecule has 0 saturated carbocycles. The number of nitrogens with one attached hydrogen (secondary N) is 2. The molecule has 2 amide bonds. The summed E-state index contributed by atoms with van der Waals surface area (Å²) in [4.78, 5) is 30.2. The van der Waals surface area contributed by atoms with E-state index < -0.39 is 0 Å². The van der Waals surface area contributed by atoms with Gasteiger partial charge in [-0.15, -0.1) is 0 Å². The number of likely N-dealkylation sites (tertiary alicyclic amines) is 1. The molecule has 150 valence electrons. The number of carbonyl (C=O) groups is 2. The summed E-state index contributed by atoms with van der Waals surface area (Å²) in [5, 5.41) is 4.77. The number of rotatable bonds is 5. The Morgan fingerprint density at radius 3 is 2.90 bits per heavy atom. The molecule has 1 unspecified atom stereocenters. The fourth-order valence-electron chi connectivity index (χ4n) is 3.88. The fraction of sp³-hybridized carbons (Fsp3) is 0.304. The van der Waals surface area contributed by atoms with E-state index in [0.29, 0.717) is 18.1 Å². The minimum atomic E-state index is -0.320. The maximum absolute atomic E-state index is 12.7. The molecule has 3 aromatic rings. The Morgan fingerprint density at radius 2 is 2.07 bits per heavy atom. The number of amides is 2. The van der Waals surface area contributed by atoms with E-state index in [9.17, 15) is 9.59 Å². The van der Waals surface area contributed by atoms with Gasteiger partial charge in [-0.25, -0.2) is 0 Å². The zero-order chi connectivity index (χ0) is 20.5. The highest BCUT2D eigenvalue weighted by atomic mass is 35.5. The minimum absolute atomic E-state index is 0.0315. The molecule has 1 atom stereocenters. The molecular weight excluding hydrogens is 386 g/mol. The van der Waals surface area contributed by atoms with Crippen molar-refractivity contribution < 1.29 is 9.59 Å².